The van der Waals surface area contributed by atoms with Crippen molar-refractivity contribution in [1.82, 2.24) is 4.98 Å². The Balaban J connectivity index is 3.20. The molecular weight excluding hydrogens is 301 g/mol. The van der Waals surface area contributed by atoms with Gasteiger partial charge in [0.1, 0.15) is 0 Å². The molecule has 1 aromatic heterocycles. The molecule has 0 N–H and O–H groups in total. The number of halogens is 3. The monoisotopic (exact) mass is 308 g/mol. The van der Waals surface area contributed by atoms with Crippen LogP contribution in [0.2, 0.25) is 0 Å². The third kappa shape index (κ3) is 2.18. The van der Waals surface area contributed by atoms with Gasteiger partial charge in [0, 0.05) is 15.3 Å². The Morgan fingerprint density at radius 3 is 2.79 bits per heavy atom. The minimum atomic E-state index is -2.51. The zero-order valence-corrected chi connectivity index (χ0v) is 9.55. The summed E-state index contributed by atoms with van der Waals surface area (Å²) in [6.07, 6.45) is -1.20. The van der Waals surface area contributed by atoms with Crippen LogP contribution in [0.15, 0.2) is 6.20 Å². The van der Waals surface area contributed by atoms with Crippen molar-refractivity contribution in [3.8, 4) is 6.07 Å². The number of nitrogens with zero attached hydrogens (tertiary/aromatic N) is 2. The van der Waals surface area contributed by atoms with Crippen LogP contribution in [0.1, 0.15) is 23.2 Å². The van der Waals surface area contributed by atoms with Crippen molar-refractivity contribution in [1.29, 1.82) is 5.26 Å². The first-order valence-corrected chi connectivity index (χ1v) is 4.94. The fraction of sp³-hybridized carbons (Fsp3) is 0.333. The van der Waals surface area contributed by atoms with Gasteiger partial charge in [-0.1, -0.05) is 0 Å². The van der Waals surface area contributed by atoms with Crippen LogP contribution in [0.25, 0.3) is 0 Å². The largest absolute Gasteiger partial charge is 0.265 e. The summed E-state index contributed by atoms with van der Waals surface area (Å²) in [5, 5.41) is 8.47. The first-order valence-electron chi connectivity index (χ1n) is 3.87. The van der Waals surface area contributed by atoms with Gasteiger partial charge in [-0.15, -0.1) is 0 Å². The molecule has 0 bridgehead atoms. The van der Waals surface area contributed by atoms with Gasteiger partial charge >= 0.3 is 0 Å². The third-order valence-corrected chi connectivity index (χ3v) is 3.29. The van der Waals surface area contributed by atoms with Gasteiger partial charge in [0.25, 0.3) is 6.43 Å². The predicted molar refractivity (Wildman–Crippen MR) is 56.0 cm³/mol. The van der Waals surface area contributed by atoms with Crippen molar-refractivity contribution in [2.75, 3.05) is 0 Å². The molecule has 1 aromatic rings. The van der Waals surface area contributed by atoms with Crippen molar-refractivity contribution < 1.29 is 8.78 Å². The second kappa shape index (κ2) is 4.64. The van der Waals surface area contributed by atoms with E-state index in [9.17, 15) is 8.78 Å². The van der Waals surface area contributed by atoms with Gasteiger partial charge in [0.2, 0.25) is 0 Å². The zero-order chi connectivity index (χ0) is 10.7. The van der Waals surface area contributed by atoms with Crippen LogP contribution in [-0.4, -0.2) is 4.98 Å². The van der Waals surface area contributed by atoms with E-state index in [1.807, 2.05) is 28.7 Å². The molecule has 0 saturated carbocycles. The molecule has 14 heavy (non-hydrogen) atoms. The van der Waals surface area contributed by atoms with Crippen molar-refractivity contribution in [2.24, 2.45) is 0 Å². The van der Waals surface area contributed by atoms with Gasteiger partial charge in [0.15, 0.2) is 0 Å². The van der Waals surface area contributed by atoms with E-state index in [-0.39, 0.29) is 12.0 Å². The van der Waals surface area contributed by atoms with Crippen LogP contribution in [0, 0.1) is 21.8 Å². The molecule has 1 rings (SSSR count). The van der Waals surface area contributed by atoms with Crippen LogP contribution in [0.4, 0.5) is 8.78 Å². The van der Waals surface area contributed by atoms with Crippen molar-refractivity contribution in [3.63, 3.8) is 0 Å². The van der Waals surface area contributed by atoms with Gasteiger partial charge in [-0.3, -0.25) is 4.98 Å². The molecule has 5 heteroatoms. The lowest BCUT2D eigenvalue weighted by Gasteiger charge is -2.08. The Bertz CT molecular complexity index is 385. The second-order valence-corrected chi connectivity index (χ2v) is 3.81. The number of hydrogen-bond acceptors (Lipinski definition) is 2. The third-order valence-electron chi connectivity index (χ3n) is 1.86. The number of rotatable bonds is 2. The normalized spacial score (nSPS) is 10.3. The van der Waals surface area contributed by atoms with E-state index in [0.717, 1.165) is 6.20 Å². The molecule has 1 heterocycles. The highest BCUT2D eigenvalue weighted by molar-refractivity contribution is 14.1. The summed E-state index contributed by atoms with van der Waals surface area (Å²) >= 11 is 1.94. The molecule has 0 saturated heterocycles. The molecule has 0 amide bonds. The summed E-state index contributed by atoms with van der Waals surface area (Å²) in [5.41, 5.74) is 1.02. The van der Waals surface area contributed by atoms with Crippen LogP contribution in [0.5, 0.6) is 0 Å². The zero-order valence-electron chi connectivity index (χ0n) is 7.39. The number of pyridine rings is 1. The van der Waals surface area contributed by atoms with E-state index < -0.39 is 6.43 Å². The summed E-state index contributed by atoms with van der Waals surface area (Å²) < 4.78 is 25.5. The average molecular weight is 308 g/mol. The molecule has 0 aliphatic heterocycles. The van der Waals surface area contributed by atoms with E-state index in [4.69, 9.17) is 5.26 Å². The van der Waals surface area contributed by atoms with E-state index in [0.29, 0.717) is 14.8 Å². The number of alkyl halides is 2. The molecule has 0 spiro atoms. The second-order valence-electron chi connectivity index (χ2n) is 2.73. The van der Waals surface area contributed by atoms with E-state index in [1.54, 1.807) is 6.92 Å². The molecule has 0 aliphatic carbocycles. The summed E-state index contributed by atoms with van der Waals surface area (Å²) in [6.45, 7) is 1.62. The quantitative estimate of drug-likeness (QED) is 0.788. The molecule has 74 valence electrons. The van der Waals surface area contributed by atoms with Crippen molar-refractivity contribution >= 4 is 22.6 Å². The Labute approximate surface area is 94.1 Å². The fourth-order valence-corrected chi connectivity index (χ4v) is 1.70. The van der Waals surface area contributed by atoms with Gasteiger partial charge < -0.3 is 0 Å². The van der Waals surface area contributed by atoms with Crippen LogP contribution < -0.4 is 0 Å². The SMILES string of the molecule is Cc1c(C(F)F)cnc(CC#N)c1I. The predicted octanol–water partition coefficient (Wildman–Crippen LogP) is 3.00. The number of hydrogen-bond donors (Lipinski definition) is 0. The maximum Gasteiger partial charge on any atom is 0.265 e. The Morgan fingerprint density at radius 1 is 1.64 bits per heavy atom. The van der Waals surface area contributed by atoms with Crippen molar-refractivity contribution in [3.05, 3.63) is 26.6 Å². The Morgan fingerprint density at radius 2 is 2.29 bits per heavy atom. The number of nitriles is 1. The van der Waals surface area contributed by atoms with Gasteiger partial charge in [-0.25, -0.2) is 8.78 Å². The van der Waals surface area contributed by atoms with Gasteiger partial charge in [0.05, 0.1) is 18.2 Å². The molecule has 0 aromatic carbocycles. The molecule has 0 aliphatic rings. The number of aromatic nitrogens is 1. The minimum absolute atomic E-state index is 0.0592. The first-order chi connectivity index (χ1) is 6.57. The summed E-state index contributed by atoms with van der Waals surface area (Å²) in [4.78, 5) is 3.84. The molecule has 0 unspecified atom stereocenters. The highest BCUT2D eigenvalue weighted by atomic mass is 127. The summed E-state index contributed by atoms with van der Waals surface area (Å²) in [5.74, 6) is 0. The maximum atomic E-state index is 12.4. The lowest BCUT2D eigenvalue weighted by atomic mass is 10.1. The summed E-state index contributed by atoms with van der Waals surface area (Å²) in [7, 11) is 0. The lowest BCUT2D eigenvalue weighted by molar-refractivity contribution is 0.150. The van der Waals surface area contributed by atoms with Crippen LogP contribution in [0.3, 0.4) is 0 Å². The van der Waals surface area contributed by atoms with Crippen molar-refractivity contribution in [2.45, 2.75) is 19.8 Å². The highest BCUT2D eigenvalue weighted by Gasteiger charge is 2.15. The molecule has 0 atom stereocenters. The average Bonchev–Trinajstić information content (AvgIpc) is 2.13. The minimum Gasteiger partial charge on any atom is -0.259 e. The van der Waals surface area contributed by atoms with E-state index in [1.165, 1.54) is 0 Å². The lowest BCUT2D eigenvalue weighted by Crippen LogP contribution is -2.00. The molecule has 0 fully saturated rings. The van der Waals surface area contributed by atoms with Crippen LogP contribution >= 0.6 is 22.6 Å². The standard InChI is InChI=1S/C9H7F2IN2/c1-5-6(9(10)11)4-14-7(2-3-13)8(5)12/h4,9H,2H2,1H3. The molecule has 2 nitrogen and oxygen atoms in total. The van der Waals surface area contributed by atoms with E-state index >= 15 is 0 Å². The van der Waals surface area contributed by atoms with Crippen LogP contribution in [-0.2, 0) is 6.42 Å². The maximum absolute atomic E-state index is 12.4. The Hall–Kier alpha value is -0.770. The molecule has 0 radical (unpaired) electrons. The fourth-order valence-electron chi connectivity index (χ4n) is 1.06. The Kier molecular flexibility index (Phi) is 3.75. The summed E-state index contributed by atoms with van der Waals surface area (Å²) in [6, 6.07) is 1.95. The highest BCUT2D eigenvalue weighted by Crippen LogP contribution is 2.26. The smallest absolute Gasteiger partial charge is 0.259 e. The van der Waals surface area contributed by atoms with Gasteiger partial charge in [-0.05, 0) is 35.1 Å². The van der Waals surface area contributed by atoms with Gasteiger partial charge in [-0.2, -0.15) is 5.26 Å². The van der Waals surface area contributed by atoms with E-state index in [2.05, 4.69) is 4.98 Å². The topological polar surface area (TPSA) is 36.7 Å². The first kappa shape index (κ1) is 11.3. The molecular formula is C9H7F2IN2.